The van der Waals surface area contributed by atoms with Crippen LogP contribution in [0.15, 0.2) is 29.3 Å². The van der Waals surface area contributed by atoms with Gasteiger partial charge in [0.25, 0.3) is 0 Å². The zero-order valence-electron chi connectivity index (χ0n) is 9.23. The number of aliphatic hydroxyl groups is 1. The molecule has 7 heteroatoms. The average Bonchev–Trinajstić information content (AvgIpc) is 2.22. The normalized spacial score (nSPS) is 21.5. The summed E-state index contributed by atoms with van der Waals surface area (Å²) in [7, 11) is -3.68. The van der Waals surface area contributed by atoms with Gasteiger partial charge in [-0.05, 0) is 17.7 Å². The third kappa shape index (κ3) is 3.05. The van der Waals surface area contributed by atoms with Crippen LogP contribution in [-0.4, -0.2) is 26.2 Å². The molecule has 0 amide bonds. The first-order valence-corrected chi connectivity index (χ1v) is 6.88. The van der Waals surface area contributed by atoms with Crippen LogP contribution in [0, 0.1) is 11.6 Å². The van der Waals surface area contributed by atoms with Crippen LogP contribution in [0.5, 0.6) is 0 Å². The Kier molecular flexibility index (Phi) is 3.36. The third-order valence-electron chi connectivity index (χ3n) is 2.46. The molecule has 0 radical (unpaired) electrons. The molecular formula is C11H11F2NO3S. The topological polar surface area (TPSA) is 66.4 Å². The molecule has 0 saturated carbocycles. The lowest BCUT2D eigenvalue weighted by atomic mass is 10.2. The molecule has 0 unspecified atom stereocenters. The van der Waals surface area contributed by atoms with Gasteiger partial charge >= 0.3 is 0 Å². The summed E-state index contributed by atoms with van der Waals surface area (Å²) in [6.45, 7) is 0.302. The lowest BCUT2D eigenvalue weighted by Crippen LogP contribution is -2.44. The number of hydrogen-bond donors (Lipinski definition) is 2. The lowest BCUT2D eigenvalue weighted by molar-refractivity contribution is 0.159. The fraction of sp³-hybridized carbons (Fsp3) is 0.273. The van der Waals surface area contributed by atoms with Gasteiger partial charge in [-0.1, -0.05) is 0 Å². The summed E-state index contributed by atoms with van der Waals surface area (Å²) in [5.41, 5.74) is 0.227. The molecule has 0 aromatic heterocycles. The van der Waals surface area contributed by atoms with Crippen molar-refractivity contribution in [3.8, 4) is 0 Å². The van der Waals surface area contributed by atoms with E-state index in [9.17, 15) is 22.3 Å². The minimum absolute atomic E-state index is 0.0261. The van der Waals surface area contributed by atoms with E-state index in [1.165, 1.54) is 0 Å². The van der Waals surface area contributed by atoms with Crippen LogP contribution in [-0.2, 0) is 15.6 Å². The van der Waals surface area contributed by atoms with E-state index in [2.05, 4.69) is 5.32 Å². The molecule has 2 N–H and O–H groups in total. The highest BCUT2D eigenvalue weighted by atomic mass is 32.2. The number of sulfone groups is 1. The lowest BCUT2D eigenvalue weighted by Gasteiger charge is -2.26. The molecule has 1 fully saturated rings. The van der Waals surface area contributed by atoms with Crippen LogP contribution in [0.2, 0.25) is 0 Å². The van der Waals surface area contributed by atoms with Gasteiger partial charge in [-0.2, -0.15) is 0 Å². The van der Waals surface area contributed by atoms with Gasteiger partial charge in [0.15, 0.2) is 9.84 Å². The molecule has 1 saturated heterocycles. The molecule has 1 aromatic rings. The molecule has 98 valence electrons. The Hall–Kier alpha value is -1.47. The summed E-state index contributed by atoms with van der Waals surface area (Å²) >= 11 is 0. The second kappa shape index (κ2) is 4.66. The average molecular weight is 275 g/mol. The molecule has 1 atom stereocenters. The third-order valence-corrected chi connectivity index (χ3v) is 3.80. The Balaban J connectivity index is 2.20. The van der Waals surface area contributed by atoms with E-state index >= 15 is 0 Å². The first-order chi connectivity index (χ1) is 8.35. The summed E-state index contributed by atoms with van der Waals surface area (Å²) in [5.74, 6) is -2.16. The van der Waals surface area contributed by atoms with Gasteiger partial charge in [-0.15, -0.1) is 0 Å². The van der Waals surface area contributed by atoms with Crippen LogP contribution in [0.4, 0.5) is 8.78 Å². The monoisotopic (exact) mass is 275 g/mol. The molecule has 0 aliphatic carbocycles. The number of benzene rings is 1. The van der Waals surface area contributed by atoms with Gasteiger partial charge in [0.1, 0.15) is 17.7 Å². The molecule has 1 aliphatic rings. The number of rotatable bonds is 3. The van der Waals surface area contributed by atoms with Crippen molar-refractivity contribution in [3.63, 3.8) is 0 Å². The number of halogens is 2. The van der Waals surface area contributed by atoms with Crippen molar-refractivity contribution < 1.29 is 22.3 Å². The molecule has 1 aliphatic heterocycles. The van der Waals surface area contributed by atoms with Crippen LogP contribution in [0.25, 0.3) is 0 Å². The standard InChI is InChI=1S/C11H11F2NO3S/c12-8-1-7(2-9(13)3-8)5-18(16,17)6-10-11(15)4-14-10/h1-3,6,11,14-15H,4-5H2/b10-6-/t11-/m0/s1. The van der Waals surface area contributed by atoms with E-state index in [1.54, 1.807) is 0 Å². The predicted molar refractivity (Wildman–Crippen MR) is 61.1 cm³/mol. The Morgan fingerprint density at radius 3 is 2.39 bits per heavy atom. The largest absolute Gasteiger partial charge is 0.385 e. The fourth-order valence-electron chi connectivity index (χ4n) is 1.59. The van der Waals surface area contributed by atoms with Crippen molar-refractivity contribution in [2.45, 2.75) is 11.9 Å². The first-order valence-electron chi connectivity index (χ1n) is 5.17. The van der Waals surface area contributed by atoms with Crippen molar-refractivity contribution in [1.29, 1.82) is 0 Å². The SMILES string of the molecule is O=S(=O)(/C=C1\NC[C@@H]1O)Cc1cc(F)cc(F)c1. The van der Waals surface area contributed by atoms with Gasteiger partial charge in [-0.3, -0.25) is 0 Å². The summed E-state index contributed by atoms with van der Waals surface area (Å²) in [5, 5.41) is 12.7. The highest BCUT2D eigenvalue weighted by Gasteiger charge is 2.23. The van der Waals surface area contributed by atoms with Crippen LogP contribution in [0.1, 0.15) is 5.56 Å². The van der Waals surface area contributed by atoms with Crippen molar-refractivity contribution in [2.75, 3.05) is 6.54 Å². The minimum atomic E-state index is -3.68. The van der Waals surface area contributed by atoms with Crippen molar-refractivity contribution in [1.82, 2.24) is 5.32 Å². The second-order valence-corrected chi connectivity index (χ2v) is 5.90. The molecule has 1 aromatic carbocycles. The molecule has 4 nitrogen and oxygen atoms in total. The van der Waals surface area contributed by atoms with E-state index in [0.29, 0.717) is 12.6 Å². The smallest absolute Gasteiger partial charge is 0.177 e. The van der Waals surface area contributed by atoms with Crippen molar-refractivity contribution >= 4 is 9.84 Å². The number of aliphatic hydroxyl groups excluding tert-OH is 1. The summed E-state index contributed by atoms with van der Waals surface area (Å²) in [4.78, 5) is 0. The number of nitrogens with one attached hydrogen (secondary N) is 1. The van der Waals surface area contributed by atoms with E-state index < -0.39 is 33.3 Å². The predicted octanol–water partition coefficient (Wildman–Crippen LogP) is 0.685. The maximum atomic E-state index is 12.9. The van der Waals surface area contributed by atoms with Gasteiger partial charge in [0, 0.05) is 12.6 Å². The fourth-order valence-corrected chi connectivity index (χ4v) is 2.94. The first kappa shape index (κ1) is 13.0. The van der Waals surface area contributed by atoms with Gasteiger partial charge < -0.3 is 10.4 Å². The number of β-amino-alcohol motifs (C(OH)–C–C–N with tert-alkyl or cyclic N) is 1. The molecular weight excluding hydrogens is 264 g/mol. The van der Waals surface area contributed by atoms with E-state index in [-0.39, 0.29) is 11.3 Å². The minimum Gasteiger partial charge on any atom is -0.385 e. The Labute approximate surface area is 103 Å². The van der Waals surface area contributed by atoms with Crippen LogP contribution < -0.4 is 5.32 Å². The summed E-state index contributed by atoms with van der Waals surface area (Å²) < 4.78 is 49.2. The van der Waals surface area contributed by atoms with Crippen LogP contribution in [0.3, 0.4) is 0 Å². The Bertz CT molecular complexity index is 578. The number of hydrogen-bond acceptors (Lipinski definition) is 4. The molecule has 1 heterocycles. The highest BCUT2D eigenvalue weighted by Crippen LogP contribution is 2.16. The Morgan fingerprint density at radius 2 is 1.94 bits per heavy atom. The summed E-state index contributed by atoms with van der Waals surface area (Å²) in [6.07, 6.45) is -0.816. The molecule has 0 bridgehead atoms. The quantitative estimate of drug-likeness (QED) is 0.851. The maximum Gasteiger partial charge on any atom is 0.177 e. The molecule has 18 heavy (non-hydrogen) atoms. The van der Waals surface area contributed by atoms with E-state index in [1.807, 2.05) is 0 Å². The van der Waals surface area contributed by atoms with Crippen molar-refractivity contribution in [3.05, 3.63) is 46.5 Å². The van der Waals surface area contributed by atoms with E-state index in [0.717, 1.165) is 17.5 Å². The molecule has 0 spiro atoms. The van der Waals surface area contributed by atoms with Crippen LogP contribution >= 0.6 is 0 Å². The zero-order valence-corrected chi connectivity index (χ0v) is 10.0. The van der Waals surface area contributed by atoms with Gasteiger partial charge in [0.05, 0.1) is 16.9 Å². The summed E-state index contributed by atoms with van der Waals surface area (Å²) in [6, 6.07) is 2.60. The zero-order chi connectivity index (χ0) is 13.3. The van der Waals surface area contributed by atoms with E-state index in [4.69, 9.17) is 0 Å². The second-order valence-electron chi connectivity index (χ2n) is 4.05. The maximum absolute atomic E-state index is 12.9. The van der Waals surface area contributed by atoms with Crippen molar-refractivity contribution in [2.24, 2.45) is 0 Å². The highest BCUT2D eigenvalue weighted by molar-refractivity contribution is 7.93. The Morgan fingerprint density at radius 1 is 1.33 bits per heavy atom. The molecule has 2 rings (SSSR count). The van der Waals surface area contributed by atoms with Gasteiger partial charge in [0.2, 0.25) is 0 Å². The van der Waals surface area contributed by atoms with Gasteiger partial charge in [-0.25, -0.2) is 17.2 Å².